The van der Waals surface area contributed by atoms with Gasteiger partial charge in [-0.15, -0.1) is 0 Å². The van der Waals surface area contributed by atoms with Crippen LogP contribution in [0.2, 0.25) is 0 Å². The summed E-state index contributed by atoms with van der Waals surface area (Å²) >= 11 is 0. The summed E-state index contributed by atoms with van der Waals surface area (Å²) in [5.74, 6) is 0.498. The van der Waals surface area contributed by atoms with Crippen LogP contribution in [0.5, 0.6) is 0 Å². The van der Waals surface area contributed by atoms with Crippen molar-refractivity contribution in [1.82, 2.24) is 9.80 Å². The average molecular weight is 301 g/mol. The second kappa shape index (κ2) is 6.80. The van der Waals surface area contributed by atoms with Crippen LogP contribution >= 0.6 is 0 Å². The summed E-state index contributed by atoms with van der Waals surface area (Å²) in [6.45, 7) is 5.91. The minimum atomic E-state index is 0.165. The molecule has 0 bridgehead atoms. The van der Waals surface area contributed by atoms with Gasteiger partial charge in [-0.25, -0.2) is 0 Å². The number of nitrogens with zero attached hydrogens (tertiary/aromatic N) is 2. The predicted molar refractivity (Wildman–Crippen MR) is 88.2 cm³/mol. The molecule has 1 aromatic carbocycles. The Balaban J connectivity index is 1.55. The molecule has 0 spiro atoms. The highest BCUT2D eigenvalue weighted by atomic mass is 16.2. The van der Waals surface area contributed by atoms with Gasteiger partial charge in [0.15, 0.2) is 0 Å². The van der Waals surface area contributed by atoms with Gasteiger partial charge in [0.05, 0.1) is 0 Å². The van der Waals surface area contributed by atoms with Crippen LogP contribution in [0.3, 0.4) is 0 Å². The molecule has 2 N–H and O–H groups in total. The summed E-state index contributed by atoms with van der Waals surface area (Å²) in [4.78, 5) is 17.2. The molecule has 4 heteroatoms. The van der Waals surface area contributed by atoms with E-state index in [2.05, 4.69) is 47.1 Å². The smallest absolute Gasteiger partial charge is 0.226 e. The molecule has 0 unspecified atom stereocenters. The first-order valence-corrected chi connectivity index (χ1v) is 8.46. The lowest BCUT2D eigenvalue weighted by Gasteiger charge is -2.41. The minimum absolute atomic E-state index is 0.165. The Morgan fingerprint density at radius 1 is 1.23 bits per heavy atom. The molecule has 1 amide bonds. The lowest BCUT2D eigenvalue weighted by Crippen LogP contribution is -2.54. The number of carbonyl (C=O) groups is 1. The van der Waals surface area contributed by atoms with Gasteiger partial charge in [-0.2, -0.15) is 0 Å². The molecule has 22 heavy (non-hydrogen) atoms. The molecule has 3 rings (SSSR count). The maximum atomic E-state index is 12.7. The van der Waals surface area contributed by atoms with E-state index in [1.165, 1.54) is 5.56 Å². The van der Waals surface area contributed by atoms with Crippen LogP contribution in [0, 0.1) is 5.92 Å². The number of amides is 1. The lowest BCUT2D eigenvalue weighted by atomic mass is 10.0. The fraction of sp³-hybridized carbons (Fsp3) is 0.611. The van der Waals surface area contributed by atoms with Crippen molar-refractivity contribution in [1.29, 1.82) is 0 Å². The van der Waals surface area contributed by atoms with Gasteiger partial charge in [0.25, 0.3) is 0 Å². The zero-order valence-electron chi connectivity index (χ0n) is 13.4. The molecule has 1 aliphatic carbocycles. The summed E-state index contributed by atoms with van der Waals surface area (Å²) in [6, 6.07) is 11.1. The van der Waals surface area contributed by atoms with Crippen LogP contribution in [0.15, 0.2) is 30.3 Å². The maximum Gasteiger partial charge on any atom is 0.226 e. The number of hydrogen-bond donors (Lipinski definition) is 1. The summed E-state index contributed by atoms with van der Waals surface area (Å²) in [6.07, 6.45) is 2.84. The molecule has 0 radical (unpaired) electrons. The standard InChI is InChI=1S/C18H27N3O/c1-14-12-20(13-15-5-3-2-4-6-15)9-10-21(14)18(22)16-7-8-17(19)11-16/h2-6,14,16-17H,7-13,19H2,1H3/t14-,16+,17+/m1/s1. The molecule has 4 nitrogen and oxygen atoms in total. The number of piperazine rings is 1. The highest BCUT2D eigenvalue weighted by Gasteiger charge is 2.35. The van der Waals surface area contributed by atoms with Crippen LogP contribution < -0.4 is 5.73 Å². The van der Waals surface area contributed by atoms with E-state index in [1.807, 2.05) is 0 Å². The molecule has 3 atom stereocenters. The van der Waals surface area contributed by atoms with Crippen LogP contribution in [-0.2, 0) is 11.3 Å². The number of benzene rings is 1. The Labute approximate surface area is 133 Å². The fourth-order valence-electron chi connectivity index (χ4n) is 3.82. The predicted octanol–water partition coefficient (Wildman–Crippen LogP) is 1.85. The van der Waals surface area contributed by atoms with Gasteiger partial charge >= 0.3 is 0 Å². The van der Waals surface area contributed by atoms with Gasteiger partial charge in [0.2, 0.25) is 5.91 Å². The first kappa shape index (κ1) is 15.5. The lowest BCUT2D eigenvalue weighted by molar-refractivity contribution is -0.140. The summed E-state index contributed by atoms with van der Waals surface area (Å²) < 4.78 is 0. The van der Waals surface area contributed by atoms with Gasteiger partial charge in [-0.3, -0.25) is 9.69 Å². The normalized spacial score (nSPS) is 29.7. The summed E-state index contributed by atoms with van der Waals surface area (Å²) in [5, 5.41) is 0. The number of nitrogens with two attached hydrogens (primary N) is 1. The molecule has 2 aliphatic rings. The molecule has 2 fully saturated rings. The third-order valence-electron chi connectivity index (χ3n) is 5.07. The van der Waals surface area contributed by atoms with Crippen molar-refractivity contribution in [2.45, 2.75) is 44.8 Å². The van der Waals surface area contributed by atoms with E-state index in [4.69, 9.17) is 5.73 Å². The van der Waals surface area contributed by atoms with Gasteiger partial charge in [-0.05, 0) is 31.7 Å². The SMILES string of the molecule is C[C@@H]1CN(Cc2ccccc2)CCN1C(=O)[C@H]1CC[C@H](N)C1. The van der Waals surface area contributed by atoms with Gasteiger partial charge in [0.1, 0.15) is 0 Å². The van der Waals surface area contributed by atoms with Crippen molar-refractivity contribution in [3.05, 3.63) is 35.9 Å². The van der Waals surface area contributed by atoms with Gasteiger partial charge in [0, 0.05) is 44.2 Å². The van der Waals surface area contributed by atoms with Crippen molar-refractivity contribution < 1.29 is 4.79 Å². The van der Waals surface area contributed by atoms with Crippen LogP contribution in [0.25, 0.3) is 0 Å². The Morgan fingerprint density at radius 3 is 2.64 bits per heavy atom. The van der Waals surface area contributed by atoms with E-state index >= 15 is 0 Å². The second-order valence-corrected chi connectivity index (χ2v) is 6.87. The summed E-state index contributed by atoms with van der Waals surface area (Å²) in [7, 11) is 0. The quantitative estimate of drug-likeness (QED) is 0.927. The molecule has 1 heterocycles. The molecule has 1 aliphatic heterocycles. The maximum absolute atomic E-state index is 12.7. The van der Waals surface area contributed by atoms with Crippen molar-refractivity contribution >= 4 is 5.91 Å². The Hall–Kier alpha value is -1.39. The highest BCUT2D eigenvalue weighted by molar-refractivity contribution is 5.79. The molecular formula is C18H27N3O. The molecular weight excluding hydrogens is 274 g/mol. The summed E-state index contributed by atoms with van der Waals surface area (Å²) in [5.41, 5.74) is 7.30. The van der Waals surface area contributed by atoms with E-state index in [9.17, 15) is 4.79 Å². The molecule has 1 saturated carbocycles. The topological polar surface area (TPSA) is 49.6 Å². The number of hydrogen-bond acceptors (Lipinski definition) is 3. The molecule has 120 valence electrons. The van der Waals surface area contributed by atoms with Crippen molar-refractivity contribution in [3.8, 4) is 0 Å². The monoisotopic (exact) mass is 301 g/mol. The van der Waals surface area contributed by atoms with Crippen molar-refractivity contribution in [2.75, 3.05) is 19.6 Å². The van der Waals surface area contributed by atoms with Crippen LogP contribution in [0.1, 0.15) is 31.7 Å². The first-order chi connectivity index (χ1) is 10.6. The number of carbonyl (C=O) groups excluding carboxylic acids is 1. The third-order valence-corrected chi connectivity index (χ3v) is 5.07. The van der Waals surface area contributed by atoms with E-state index in [1.54, 1.807) is 0 Å². The average Bonchev–Trinajstić information content (AvgIpc) is 2.94. The Morgan fingerprint density at radius 2 is 2.00 bits per heavy atom. The largest absolute Gasteiger partial charge is 0.337 e. The van der Waals surface area contributed by atoms with Crippen molar-refractivity contribution in [2.24, 2.45) is 11.7 Å². The van der Waals surface area contributed by atoms with Gasteiger partial charge in [-0.1, -0.05) is 30.3 Å². The molecule has 0 aromatic heterocycles. The van der Waals surface area contributed by atoms with Crippen molar-refractivity contribution in [3.63, 3.8) is 0 Å². The third kappa shape index (κ3) is 3.50. The highest BCUT2D eigenvalue weighted by Crippen LogP contribution is 2.27. The van der Waals surface area contributed by atoms with E-state index in [-0.39, 0.29) is 12.0 Å². The molecule has 1 saturated heterocycles. The zero-order valence-corrected chi connectivity index (χ0v) is 13.4. The molecule has 1 aromatic rings. The van der Waals surface area contributed by atoms with E-state index in [0.717, 1.165) is 45.4 Å². The number of rotatable bonds is 3. The first-order valence-electron chi connectivity index (χ1n) is 8.46. The zero-order chi connectivity index (χ0) is 15.5. The fourth-order valence-corrected chi connectivity index (χ4v) is 3.82. The Bertz CT molecular complexity index is 504. The van der Waals surface area contributed by atoms with E-state index < -0.39 is 0 Å². The van der Waals surface area contributed by atoms with Crippen LogP contribution in [0.4, 0.5) is 0 Å². The van der Waals surface area contributed by atoms with Gasteiger partial charge < -0.3 is 10.6 Å². The Kier molecular flexibility index (Phi) is 4.79. The minimum Gasteiger partial charge on any atom is -0.337 e. The van der Waals surface area contributed by atoms with Crippen LogP contribution in [-0.4, -0.2) is 47.4 Å². The second-order valence-electron chi connectivity index (χ2n) is 6.87. The van der Waals surface area contributed by atoms with E-state index in [0.29, 0.717) is 11.9 Å².